The molecule has 1 aliphatic heterocycles. The van der Waals surface area contributed by atoms with E-state index in [-0.39, 0.29) is 29.8 Å². The summed E-state index contributed by atoms with van der Waals surface area (Å²) in [4.78, 5) is 25.7. The highest BCUT2D eigenvalue weighted by Gasteiger charge is 2.26. The largest absolute Gasteiger partial charge is 0.347 e. The van der Waals surface area contributed by atoms with Crippen LogP contribution in [0.25, 0.3) is 0 Å². The number of likely N-dealkylation sites (tertiary alicyclic amines) is 1. The smallest absolute Gasteiger partial charge is 0.241 e. The molecule has 0 radical (unpaired) electrons. The lowest BCUT2D eigenvalue weighted by molar-refractivity contribution is -0.134. The summed E-state index contributed by atoms with van der Waals surface area (Å²) in [5.74, 6) is 0.308. The van der Waals surface area contributed by atoms with Gasteiger partial charge in [0.05, 0.1) is 6.54 Å². The monoisotopic (exact) mass is 283 g/mol. The highest BCUT2D eigenvalue weighted by molar-refractivity contribution is 5.85. The van der Waals surface area contributed by atoms with Gasteiger partial charge in [-0.1, -0.05) is 20.8 Å². The average Bonchev–Trinajstić information content (AvgIpc) is 2.34. The maximum absolute atomic E-state index is 12.1. The molecular weight excluding hydrogens is 254 g/mol. The number of carbonyl (C=O) groups is 2. The summed E-state index contributed by atoms with van der Waals surface area (Å²) in [5, 5.41) is 2.72. The van der Waals surface area contributed by atoms with Gasteiger partial charge in [-0.25, -0.2) is 0 Å². The molecule has 0 aliphatic carbocycles. The first-order chi connectivity index (χ1) is 9.19. The van der Waals surface area contributed by atoms with E-state index < -0.39 is 0 Å². The quantitative estimate of drug-likeness (QED) is 0.812. The third-order valence-electron chi connectivity index (χ3n) is 3.68. The van der Waals surface area contributed by atoms with Crippen molar-refractivity contribution < 1.29 is 9.59 Å². The molecule has 1 fully saturated rings. The van der Waals surface area contributed by atoms with Crippen LogP contribution in [0.15, 0.2) is 0 Å². The molecule has 5 heteroatoms. The van der Waals surface area contributed by atoms with Gasteiger partial charge in [-0.05, 0) is 31.1 Å². The van der Waals surface area contributed by atoms with E-state index in [2.05, 4.69) is 5.32 Å². The Morgan fingerprint density at radius 1 is 1.40 bits per heavy atom. The van der Waals surface area contributed by atoms with Crippen LogP contribution in [-0.4, -0.2) is 42.4 Å². The maximum Gasteiger partial charge on any atom is 0.241 e. The molecule has 0 aromatic carbocycles. The molecule has 0 aromatic heterocycles. The van der Waals surface area contributed by atoms with E-state index in [1.165, 1.54) is 0 Å². The molecule has 0 saturated carbocycles. The molecule has 0 spiro atoms. The van der Waals surface area contributed by atoms with Gasteiger partial charge in [0, 0.05) is 25.6 Å². The molecule has 3 N–H and O–H groups in total. The molecule has 1 heterocycles. The van der Waals surface area contributed by atoms with Gasteiger partial charge >= 0.3 is 0 Å². The summed E-state index contributed by atoms with van der Waals surface area (Å²) in [7, 11) is 0. The fourth-order valence-corrected chi connectivity index (χ4v) is 2.50. The number of nitrogens with one attached hydrogen (secondary N) is 1. The van der Waals surface area contributed by atoms with Crippen LogP contribution in [0.5, 0.6) is 0 Å². The lowest BCUT2D eigenvalue weighted by Crippen LogP contribution is -2.48. The Kier molecular flexibility index (Phi) is 5.99. The number of carbonyl (C=O) groups excluding carboxylic acids is 2. The minimum Gasteiger partial charge on any atom is -0.347 e. The van der Waals surface area contributed by atoms with E-state index in [0.29, 0.717) is 18.9 Å². The Labute approximate surface area is 122 Å². The number of amides is 2. The van der Waals surface area contributed by atoms with Crippen molar-refractivity contribution in [2.24, 2.45) is 17.1 Å². The van der Waals surface area contributed by atoms with Crippen LogP contribution in [0, 0.1) is 11.3 Å². The standard InChI is InChI=1S/C15H29N3O2/c1-11(16)12-6-5-7-18(10-12)14(20)9-17-13(19)8-15(2,3)4/h11-12H,5-10,16H2,1-4H3,(H,17,19). The van der Waals surface area contributed by atoms with E-state index >= 15 is 0 Å². The van der Waals surface area contributed by atoms with Crippen molar-refractivity contribution in [3.8, 4) is 0 Å². The predicted octanol–water partition coefficient (Wildman–Crippen LogP) is 1.12. The molecule has 2 atom stereocenters. The van der Waals surface area contributed by atoms with Gasteiger partial charge in [-0.3, -0.25) is 9.59 Å². The van der Waals surface area contributed by atoms with Crippen molar-refractivity contribution in [3.63, 3.8) is 0 Å². The highest BCUT2D eigenvalue weighted by Crippen LogP contribution is 2.19. The number of rotatable bonds is 4. The summed E-state index contributed by atoms with van der Waals surface area (Å²) in [6, 6.07) is 0.112. The zero-order valence-corrected chi connectivity index (χ0v) is 13.2. The lowest BCUT2D eigenvalue weighted by atomic mass is 9.92. The first-order valence-corrected chi connectivity index (χ1v) is 7.49. The number of nitrogens with zero attached hydrogens (tertiary/aromatic N) is 1. The average molecular weight is 283 g/mol. The van der Waals surface area contributed by atoms with Crippen molar-refractivity contribution in [1.82, 2.24) is 10.2 Å². The minimum atomic E-state index is -0.0633. The van der Waals surface area contributed by atoms with Crippen molar-refractivity contribution in [2.75, 3.05) is 19.6 Å². The second-order valence-electron chi connectivity index (χ2n) is 7.12. The van der Waals surface area contributed by atoms with Gasteiger partial charge in [0.25, 0.3) is 0 Å². The summed E-state index contributed by atoms with van der Waals surface area (Å²) in [6.45, 7) is 9.60. The number of piperidine rings is 1. The number of hydrogen-bond acceptors (Lipinski definition) is 3. The van der Waals surface area contributed by atoms with Gasteiger partial charge in [0.1, 0.15) is 0 Å². The zero-order chi connectivity index (χ0) is 15.3. The van der Waals surface area contributed by atoms with E-state index in [1.807, 2.05) is 32.6 Å². The highest BCUT2D eigenvalue weighted by atomic mass is 16.2. The summed E-state index contributed by atoms with van der Waals surface area (Å²) >= 11 is 0. The topological polar surface area (TPSA) is 75.4 Å². The van der Waals surface area contributed by atoms with Gasteiger partial charge in [-0.15, -0.1) is 0 Å². The molecule has 20 heavy (non-hydrogen) atoms. The van der Waals surface area contributed by atoms with Crippen LogP contribution in [0.3, 0.4) is 0 Å². The summed E-state index contributed by atoms with van der Waals surface area (Å²) < 4.78 is 0. The Bertz CT molecular complexity index is 348. The van der Waals surface area contributed by atoms with Gasteiger partial charge in [-0.2, -0.15) is 0 Å². The molecule has 2 amide bonds. The first-order valence-electron chi connectivity index (χ1n) is 7.49. The fourth-order valence-electron chi connectivity index (χ4n) is 2.50. The SMILES string of the molecule is CC(N)C1CCCN(C(=O)CNC(=O)CC(C)(C)C)C1. The molecule has 0 bridgehead atoms. The van der Waals surface area contributed by atoms with Crippen LogP contribution in [-0.2, 0) is 9.59 Å². The fraction of sp³-hybridized carbons (Fsp3) is 0.867. The van der Waals surface area contributed by atoms with E-state index in [4.69, 9.17) is 5.73 Å². The van der Waals surface area contributed by atoms with E-state index in [0.717, 1.165) is 19.4 Å². The number of nitrogens with two attached hydrogens (primary N) is 1. The maximum atomic E-state index is 12.1. The van der Waals surface area contributed by atoms with Crippen LogP contribution < -0.4 is 11.1 Å². The van der Waals surface area contributed by atoms with Gasteiger partial charge in [0.2, 0.25) is 11.8 Å². The van der Waals surface area contributed by atoms with Crippen molar-refractivity contribution in [2.45, 2.75) is 53.0 Å². The van der Waals surface area contributed by atoms with Crippen molar-refractivity contribution in [1.29, 1.82) is 0 Å². The summed E-state index contributed by atoms with van der Waals surface area (Å²) in [5.41, 5.74) is 5.86. The first kappa shape index (κ1) is 17.0. The van der Waals surface area contributed by atoms with Crippen molar-refractivity contribution >= 4 is 11.8 Å². The number of hydrogen-bond donors (Lipinski definition) is 2. The Hall–Kier alpha value is -1.10. The Morgan fingerprint density at radius 2 is 2.05 bits per heavy atom. The lowest BCUT2D eigenvalue weighted by Gasteiger charge is -2.34. The molecule has 1 aliphatic rings. The molecule has 1 rings (SSSR count). The van der Waals surface area contributed by atoms with Crippen LogP contribution >= 0.6 is 0 Å². The van der Waals surface area contributed by atoms with E-state index in [9.17, 15) is 9.59 Å². The Morgan fingerprint density at radius 3 is 2.60 bits per heavy atom. The molecule has 2 unspecified atom stereocenters. The molecule has 0 aromatic rings. The van der Waals surface area contributed by atoms with Crippen LogP contribution in [0.1, 0.15) is 47.0 Å². The van der Waals surface area contributed by atoms with Gasteiger partial charge < -0.3 is 16.0 Å². The molecule has 116 valence electrons. The van der Waals surface area contributed by atoms with Crippen LogP contribution in [0.4, 0.5) is 0 Å². The summed E-state index contributed by atoms with van der Waals surface area (Å²) in [6.07, 6.45) is 2.51. The normalized spacial score (nSPS) is 21.4. The molecule has 5 nitrogen and oxygen atoms in total. The predicted molar refractivity (Wildman–Crippen MR) is 80.0 cm³/mol. The van der Waals surface area contributed by atoms with Crippen molar-refractivity contribution in [3.05, 3.63) is 0 Å². The zero-order valence-electron chi connectivity index (χ0n) is 13.2. The molecule has 1 saturated heterocycles. The molecular formula is C15H29N3O2. The minimum absolute atomic E-state index is 0.00221. The van der Waals surface area contributed by atoms with E-state index in [1.54, 1.807) is 0 Å². The third kappa shape index (κ3) is 5.90. The van der Waals surface area contributed by atoms with Gasteiger partial charge in [0.15, 0.2) is 0 Å². The second-order valence-corrected chi connectivity index (χ2v) is 7.12. The third-order valence-corrected chi connectivity index (χ3v) is 3.68. The van der Waals surface area contributed by atoms with Crippen LogP contribution in [0.2, 0.25) is 0 Å². The Balaban J connectivity index is 2.37. The second kappa shape index (κ2) is 7.07.